The summed E-state index contributed by atoms with van der Waals surface area (Å²) >= 11 is 1.62. The average Bonchev–Trinajstić information content (AvgIpc) is 3.19. The molecular weight excluding hydrogens is 420 g/mol. The van der Waals surface area contributed by atoms with Crippen molar-refractivity contribution in [3.05, 3.63) is 101 Å². The molecule has 0 unspecified atom stereocenters. The lowest BCUT2D eigenvalue weighted by Gasteiger charge is -2.24. The van der Waals surface area contributed by atoms with Gasteiger partial charge in [-0.2, -0.15) is 0 Å². The van der Waals surface area contributed by atoms with E-state index < -0.39 is 0 Å². The largest absolute Gasteiger partial charge is 0.496 e. The van der Waals surface area contributed by atoms with Gasteiger partial charge in [0.15, 0.2) is 0 Å². The maximum atomic E-state index is 12.8. The number of hydrogen-bond donors (Lipinski definition) is 1. The molecule has 1 aliphatic heterocycles. The number of methoxy groups -OCH3 is 1. The van der Waals surface area contributed by atoms with E-state index in [-0.39, 0.29) is 23.2 Å². The molecule has 3 aromatic carbocycles. The first-order chi connectivity index (χ1) is 15.6. The smallest absolute Gasteiger partial charge is 0.251 e. The molecule has 1 saturated heterocycles. The Morgan fingerprint density at radius 1 is 1.06 bits per heavy atom. The summed E-state index contributed by atoms with van der Waals surface area (Å²) < 4.78 is 5.40. The van der Waals surface area contributed by atoms with Gasteiger partial charge >= 0.3 is 0 Å². The van der Waals surface area contributed by atoms with Crippen LogP contribution in [0.25, 0.3) is 0 Å². The first kappa shape index (κ1) is 22.0. The summed E-state index contributed by atoms with van der Waals surface area (Å²) in [5.41, 5.74) is 3.64. The quantitative estimate of drug-likeness (QED) is 0.557. The molecule has 6 heteroatoms. The van der Waals surface area contributed by atoms with Crippen LogP contribution in [0.3, 0.4) is 0 Å². The summed E-state index contributed by atoms with van der Waals surface area (Å²) in [7, 11) is 1.62. The normalized spacial score (nSPS) is 16.6. The summed E-state index contributed by atoms with van der Waals surface area (Å²) in [5, 5.41) is 2.99. The maximum Gasteiger partial charge on any atom is 0.251 e. The van der Waals surface area contributed by atoms with E-state index in [2.05, 4.69) is 5.32 Å². The van der Waals surface area contributed by atoms with Crippen LogP contribution in [0.5, 0.6) is 5.75 Å². The van der Waals surface area contributed by atoms with Crippen LogP contribution >= 0.6 is 11.8 Å². The minimum absolute atomic E-state index is 0.0488. The number of carbonyl (C=O) groups excluding carboxylic acids is 2. The molecule has 0 radical (unpaired) electrons. The highest BCUT2D eigenvalue weighted by Gasteiger charge is 2.32. The summed E-state index contributed by atoms with van der Waals surface area (Å²) in [6.07, 6.45) is 0. The maximum absolute atomic E-state index is 12.8. The second kappa shape index (κ2) is 9.92. The Labute approximate surface area is 192 Å². The Balaban J connectivity index is 1.45. The van der Waals surface area contributed by atoms with Crippen LogP contribution < -0.4 is 10.1 Å². The van der Waals surface area contributed by atoms with Gasteiger partial charge in [-0.3, -0.25) is 9.59 Å². The van der Waals surface area contributed by atoms with Crippen LogP contribution in [0.1, 0.15) is 45.4 Å². The van der Waals surface area contributed by atoms with Gasteiger partial charge in [-0.15, -0.1) is 11.8 Å². The molecule has 5 nitrogen and oxygen atoms in total. The second-order valence-electron chi connectivity index (χ2n) is 7.73. The molecule has 1 aliphatic rings. The van der Waals surface area contributed by atoms with Crippen molar-refractivity contribution >= 4 is 23.6 Å². The standard InChI is InChI=1S/C26H26N2O3S/c1-18(22-10-6-7-11-23(22)31-2)27-25(30)20-12-14-21(15-13-20)26-28(24(29)17-32-26)16-19-8-4-3-5-9-19/h3-15,18,26H,16-17H2,1-2H3,(H,27,30)/t18-,26-/m0/s1. The number of hydrogen-bond acceptors (Lipinski definition) is 4. The van der Waals surface area contributed by atoms with Crippen molar-refractivity contribution in [1.29, 1.82) is 0 Å². The molecule has 1 fully saturated rings. The van der Waals surface area contributed by atoms with Crippen LogP contribution in [0.4, 0.5) is 0 Å². The SMILES string of the molecule is COc1ccccc1[C@H](C)NC(=O)c1ccc([C@@H]2SCC(=O)N2Cc2ccccc2)cc1. The minimum atomic E-state index is -0.192. The topological polar surface area (TPSA) is 58.6 Å². The number of nitrogens with zero attached hydrogens (tertiary/aromatic N) is 1. The van der Waals surface area contributed by atoms with E-state index in [4.69, 9.17) is 4.74 Å². The summed E-state index contributed by atoms with van der Waals surface area (Å²) in [4.78, 5) is 27.2. The van der Waals surface area contributed by atoms with Crippen LogP contribution in [-0.4, -0.2) is 29.6 Å². The highest BCUT2D eigenvalue weighted by molar-refractivity contribution is 8.00. The molecule has 0 saturated carbocycles. The monoisotopic (exact) mass is 446 g/mol. The zero-order valence-electron chi connectivity index (χ0n) is 18.2. The fourth-order valence-corrected chi connectivity index (χ4v) is 5.05. The number of thioether (sulfide) groups is 1. The van der Waals surface area contributed by atoms with E-state index in [0.717, 1.165) is 22.4 Å². The lowest BCUT2D eigenvalue weighted by molar-refractivity contribution is -0.128. The predicted octanol–water partition coefficient (Wildman–Crippen LogP) is 4.96. The van der Waals surface area contributed by atoms with Crippen molar-refractivity contribution in [2.75, 3.05) is 12.9 Å². The van der Waals surface area contributed by atoms with Crippen molar-refractivity contribution in [2.45, 2.75) is 24.9 Å². The van der Waals surface area contributed by atoms with Gasteiger partial charge in [0.1, 0.15) is 11.1 Å². The van der Waals surface area contributed by atoms with Crippen molar-refractivity contribution < 1.29 is 14.3 Å². The molecule has 0 aliphatic carbocycles. The van der Waals surface area contributed by atoms with Crippen molar-refractivity contribution in [3.63, 3.8) is 0 Å². The first-order valence-corrected chi connectivity index (χ1v) is 11.6. The fourth-order valence-electron chi connectivity index (χ4n) is 3.86. The van der Waals surface area contributed by atoms with E-state index >= 15 is 0 Å². The lowest BCUT2D eigenvalue weighted by Crippen LogP contribution is -2.28. The molecule has 164 valence electrons. The number of benzene rings is 3. The Morgan fingerprint density at radius 2 is 1.75 bits per heavy atom. The summed E-state index contributed by atoms with van der Waals surface area (Å²) in [6.45, 7) is 2.52. The Kier molecular flexibility index (Phi) is 6.81. The molecule has 1 N–H and O–H groups in total. The van der Waals surface area contributed by atoms with Crippen molar-refractivity contribution in [3.8, 4) is 5.75 Å². The van der Waals surface area contributed by atoms with Gasteiger partial charge in [0, 0.05) is 17.7 Å². The van der Waals surface area contributed by atoms with E-state index in [9.17, 15) is 9.59 Å². The van der Waals surface area contributed by atoms with E-state index in [1.165, 1.54) is 0 Å². The third-order valence-corrected chi connectivity index (χ3v) is 6.83. The van der Waals surface area contributed by atoms with Crippen molar-refractivity contribution in [2.24, 2.45) is 0 Å². The molecule has 2 atom stereocenters. The fraction of sp³-hybridized carbons (Fsp3) is 0.231. The first-order valence-electron chi connectivity index (χ1n) is 10.6. The van der Waals surface area contributed by atoms with Gasteiger partial charge in [0.05, 0.1) is 18.9 Å². The van der Waals surface area contributed by atoms with Gasteiger partial charge in [0.25, 0.3) is 5.91 Å². The molecule has 0 aromatic heterocycles. The molecule has 0 spiro atoms. The molecule has 1 heterocycles. The average molecular weight is 447 g/mol. The van der Waals surface area contributed by atoms with E-state index in [1.54, 1.807) is 18.9 Å². The summed E-state index contributed by atoms with van der Waals surface area (Å²) in [6, 6.07) is 25.0. The number of ether oxygens (including phenoxy) is 1. The van der Waals surface area contributed by atoms with Gasteiger partial charge in [0.2, 0.25) is 5.91 Å². The molecular formula is C26H26N2O3S. The van der Waals surface area contributed by atoms with Gasteiger partial charge in [-0.05, 0) is 36.2 Å². The van der Waals surface area contributed by atoms with Crippen LogP contribution in [-0.2, 0) is 11.3 Å². The number of rotatable bonds is 7. The molecule has 4 rings (SSSR count). The number of nitrogens with one attached hydrogen (secondary N) is 1. The van der Waals surface area contributed by atoms with Crippen molar-refractivity contribution in [1.82, 2.24) is 10.2 Å². The van der Waals surface area contributed by atoms with Crippen LogP contribution in [0.15, 0.2) is 78.9 Å². The number of para-hydroxylation sites is 1. The predicted molar refractivity (Wildman–Crippen MR) is 128 cm³/mol. The van der Waals surface area contributed by atoms with Crippen LogP contribution in [0, 0.1) is 0 Å². The zero-order chi connectivity index (χ0) is 22.5. The second-order valence-corrected chi connectivity index (χ2v) is 8.80. The molecule has 3 aromatic rings. The Morgan fingerprint density at radius 3 is 2.47 bits per heavy atom. The van der Waals surface area contributed by atoms with Gasteiger partial charge in [-0.1, -0.05) is 60.7 Å². The number of amides is 2. The minimum Gasteiger partial charge on any atom is -0.496 e. The zero-order valence-corrected chi connectivity index (χ0v) is 19.0. The van der Waals surface area contributed by atoms with E-state index in [0.29, 0.717) is 17.9 Å². The Bertz CT molecular complexity index is 1090. The van der Waals surface area contributed by atoms with Crippen LogP contribution in [0.2, 0.25) is 0 Å². The van der Waals surface area contributed by atoms with Gasteiger partial charge in [-0.25, -0.2) is 0 Å². The third kappa shape index (κ3) is 4.81. The highest BCUT2D eigenvalue weighted by atomic mass is 32.2. The molecule has 32 heavy (non-hydrogen) atoms. The van der Waals surface area contributed by atoms with E-state index in [1.807, 2.05) is 90.7 Å². The summed E-state index contributed by atoms with van der Waals surface area (Å²) in [5.74, 6) is 1.20. The lowest BCUT2D eigenvalue weighted by atomic mass is 10.1. The number of carbonyl (C=O) groups is 2. The third-order valence-electron chi connectivity index (χ3n) is 5.57. The highest BCUT2D eigenvalue weighted by Crippen LogP contribution is 2.39. The molecule has 0 bridgehead atoms. The molecule has 2 amide bonds. The Hall–Kier alpha value is -3.25. The van der Waals surface area contributed by atoms with Gasteiger partial charge < -0.3 is 15.0 Å².